The molecule has 0 amide bonds. The Balaban J connectivity index is 2.43. The summed E-state index contributed by atoms with van der Waals surface area (Å²) >= 11 is 0. The number of ether oxygens (including phenoxy) is 4. The van der Waals surface area contributed by atoms with Crippen LogP contribution in [0.5, 0.6) is 0 Å². The summed E-state index contributed by atoms with van der Waals surface area (Å²) in [5, 5.41) is 30.9. The van der Waals surface area contributed by atoms with Crippen molar-refractivity contribution in [2.45, 2.75) is 230 Å². The van der Waals surface area contributed by atoms with Crippen LogP contribution in [0.3, 0.4) is 0 Å². The zero-order valence-corrected chi connectivity index (χ0v) is 38.1. The molecule has 0 aromatic rings. The first-order valence-corrected chi connectivity index (χ1v) is 25.2. The largest absolute Gasteiger partial charge is 0.462 e. The van der Waals surface area contributed by atoms with Crippen LogP contribution in [0, 0.1) is 0 Å². The van der Waals surface area contributed by atoms with E-state index in [-0.39, 0.29) is 19.4 Å². The second kappa shape index (κ2) is 37.4. The highest BCUT2D eigenvalue weighted by Gasteiger charge is 2.46. The van der Waals surface area contributed by atoms with Crippen molar-refractivity contribution in [2.24, 2.45) is 0 Å². The summed E-state index contributed by atoms with van der Waals surface area (Å²) in [7, 11) is -4.61. The molecule has 0 aromatic carbocycles. The maximum atomic E-state index is 12.8. The molecule has 1 heterocycles. The van der Waals surface area contributed by atoms with E-state index in [2.05, 4.69) is 38.2 Å². The molecule has 0 bridgehead atoms. The van der Waals surface area contributed by atoms with E-state index >= 15 is 0 Å². The van der Waals surface area contributed by atoms with Crippen LogP contribution in [-0.2, 0) is 38.7 Å². The SMILES string of the molecule is CCCCCCCC/C=C/C/C=C/CCC(=O)OC(COC(=O)CCCCCCCCC/C=C/CCCCCCCCCC)CO[C@H]1O[C@H](CS(=O)(=O)O)[C@@H](O)C(O)C1O. The molecule has 1 aliphatic rings. The lowest BCUT2D eigenvalue weighted by Crippen LogP contribution is -2.60. The van der Waals surface area contributed by atoms with Gasteiger partial charge in [-0.1, -0.05) is 159 Å². The third kappa shape index (κ3) is 31.7. The van der Waals surface area contributed by atoms with Gasteiger partial charge in [0, 0.05) is 12.8 Å². The molecule has 4 N–H and O–H groups in total. The van der Waals surface area contributed by atoms with Crippen molar-refractivity contribution in [3.63, 3.8) is 0 Å². The fourth-order valence-electron chi connectivity index (χ4n) is 7.02. The number of hydrogen-bond donors (Lipinski definition) is 4. The highest BCUT2D eigenvalue weighted by Crippen LogP contribution is 2.24. The summed E-state index contributed by atoms with van der Waals surface area (Å²) in [5.74, 6) is -2.07. The lowest BCUT2D eigenvalue weighted by molar-refractivity contribution is -0.297. The van der Waals surface area contributed by atoms with E-state index in [0.717, 1.165) is 38.5 Å². The minimum absolute atomic E-state index is 0.0579. The number of esters is 2. The summed E-state index contributed by atoms with van der Waals surface area (Å²) in [6, 6.07) is 0. The van der Waals surface area contributed by atoms with E-state index in [9.17, 15) is 37.9 Å². The van der Waals surface area contributed by atoms with Gasteiger partial charge in [-0.15, -0.1) is 0 Å². The zero-order valence-electron chi connectivity index (χ0n) is 37.3. The smallest absolute Gasteiger partial charge is 0.306 e. The number of carbonyl (C=O) groups is 2. The first-order valence-electron chi connectivity index (χ1n) is 23.5. The highest BCUT2D eigenvalue weighted by molar-refractivity contribution is 7.85. The van der Waals surface area contributed by atoms with Crippen molar-refractivity contribution in [3.8, 4) is 0 Å². The Kier molecular flexibility index (Phi) is 34.9. The van der Waals surface area contributed by atoms with Crippen molar-refractivity contribution in [1.29, 1.82) is 0 Å². The number of unbranched alkanes of at least 4 members (excludes halogenated alkanes) is 21. The van der Waals surface area contributed by atoms with Crippen LogP contribution >= 0.6 is 0 Å². The summed E-state index contributed by atoms with van der Waals surface area (Å²) in [6.07, 6.45) is 33.5. The molecule has 13 heteroatoms. The third-order valence-electron chi connectivity index (χ3n) is 10.7. The predicted molar refractivity (Wildman–Crippen MR) is 238 cm³/mol. The number of aliphatic hydroxyl groups is 3. The minimum atomic E-state index is -4.61. The Morgan fingerprint density at radius 3 is 1.55 bits per heavy atom. The van der Waals surface area contributed by atoms with Gasteiger partial charge in [0.2, 0.25) is 0 Å². The zero-order chi connectivity index (χ0) is 44.1. The van der Waals surface area contributed by atoms with Gasteiger partial charge < -0.3 is 34.3 Å². The maximum absolute atomic E-state index is 12.8. The Labute approximate surface area is 363 Å². The van der Waals surface area contributed by atoms with Crippen LogP contribution in [-0.4, -0.2) is 96.0 Å². The Morgan fingerprint density at radius 1 is 0.567 bits per heavy atom. The summed E-state index contributed by atoms with van der Waals surface area (Å²) in [6.45, 7) is 3.70. The molecule has 1 saturated heterocycles. The van der Waals surface area contributed by atoms with Crippen LogP contribution in [0.2, 0.25) is 0 Å². The van der Waals surface area contributed by atoms with Crippen LogP contribution in [0.15, 0.2) is 36.5 Å². The minimum Gasteiger partial charge on any atom is -0.462 e. The predicted octanol–water partition coefficient (Wildman–Crippen LogP) is 9.78. The van der Waals surface area contributed by atoms with Gasteiger partial charge in [-0.25, -0.2) is 0 Å². The van der Waals surface area contributed by atoms with Gasteiger partial charge in [0.1, 0.15) is 36.8 Å². The monoisotopic (exact) mass is 873 g/mol. The molecule has 1 fully saturated rings. The molecule has 0 aromatic heterocycles. The Bertz CT molecular complexity index is 1250. The second-order valence-corrected chi connectivity index (χ2v) is 17.9. The van der Waals surface area contributed by atoms with Crippen LogP contribution < -0.4 is 0 Å². The fraction of sp³-hybridized carbons (Fsp3) is 0.830. The molecule has 0 aliphatic carbocycles. The maximum Gasteiger partial charge on any atom is 0.306 e. The van der Waals surface area contributed by atoms with E-state index in [4.69, 9.17) is 18.9 Å². The molecule has 3 unspecified atom stereocenters. The lowest BCUT2D eigenvalue weighted by atomic mass is 10.00. The topological polar surface area (TPSA) is 186 Å². The molecular formula is C47H84O12S. The van der Waals surface area contributed by atoms with Gasteiger partial charge in [-0.3, -0.25) is 14.1 Å². The van der Waals surface area contributed by atoms with E-state index in [0.29, 0.717) is 12.8 Å². The van der Waals surface area contributed by atoms with Crippen LogP contribution in [0.4, 0.5) is 0 Å². The van der Waals surface area contributed by atoms with Crippen LogP contribution in [0.1, 0.15) is 194 Å². The molecule has 0 spiro atoms. The van der Waals surface area contributed by atoms with E-state index in [1.165, 1.54) is 116 Å². The van der Waals surface area contributed by atoms with E-state index in [1.54, 1.807) is 0 Å². The standard InChI is InChI=1S/C47H84O12S/c1-3-5-7-9-11-13-15-17-18-19-20-21-22-24-25-27-29-31-33-35-42(48)56-37-40(38-57-47-46(52)45(51)44(50)41(59-47)39-60(53,54)55)58-43(49)36-34-32-30-28-26-23-16-14-12-10-8-6-4-2/h19-20,23,26,30,32,40-41,44-47,50-52H,3-18,21-22,24-25,27-29,31,33-39H2,1-2H3,(H,53,54,55)/b20-19+,26-23+,32-30+/t40?,41-,44-,45?,46?,47+/m1/s1. The second-order valence-electron chi connectivity index (χ2n) is 16.4. The number of allylic oxidation sites excluding steroid dienone is 6. The molecule has 1 aliphatic heterocycles. The van der Waals surface area contributed by atoms with Gasteiger partial charge in [0.15, 0.2) is 12.4 Å². The molecule has 0 radical (unpaired) electrons. The van der Waals surface area contributed by atoms with Gasteiger partial charge in [0.25, 0.3) is 10.1 Å². The number of hydrogen-bond acceptors (Lipinski definition) is 11. The normalized spacial score (nSPS) is 20.4. The number of rotatable bonds is 39. The summed E-state index contributed by atoms with van der Waals surface area (Å²) in [4.78, 5) is 25.4. The van der Waals surface area contributed by atoms with Crippen molar-refractivity contribution in [1.82, 2.24) is 0 Å². The van der Waals surface area contributed by atoms with Crippen molar-refractivity contribution in [2.75, 3.05) is 19.0 Å². The molecule has 350 valence electrons. The molecule has 60 heavy (non-hydrogen) atoms. The average molecular weight is 873 g/mol. The lowest BCUT2D eigenvalue weighted by Gasteiger charge is -2.40. The summed E-state index contributed by atoms with van der Waals surface area (Å²) < 4.78 is 54.0. The number of carbonyl (C=O) groups excluding carboxylic acids is 2. The molecule has 1 rings (SSSR count). The molecule has 0 saturated carbocycles. The van der Waals surface area contributed by atoms with Crippen LogP contribution in [0.25, 0.3) is 0 Å². The molecule has 12 nitrogen and oxygen atoms in total. The van der Waals surface area contributed by atoms with Gasteiger partial charge >= 0.3 is 11.9 Å². The quantitative estimate of drug-likeness (QED) is 0.0199. The molecular weight excluding hydrogens is 789 g/mol. The van der Waals surface area contributed by atoms with Crippen molar-refractivity contribution >= 4 is 22.1 Å². The first kappa shape index (κ1) is 55.9. The number of aliphatic hydroxyl groups excluding tert-OH is 3. The third-order valence-corrected chi connectivity index (χ3v) is 11.5. The van der Waals surface area contributed by atoms with Gasteiger partial charge in [0.05, 0.1) is 6.61 Å². The van der Waals surface area contributed by atoms with Crippen molar-refractivity contribution < 1.29 is 56.8 Å². The van der Waals surface area contributed by atoms with E-state index in [1.807, 2.05) is 12.2 Å². The summed E-state index contributed by atoms with van der Waals surface area (Å²) in [5.41, 5.74) is 0. The van der Waals surface area contributed by atoms with Crippen molar-refractivity contribution in [3.05, 3.63) is 36.5 Å². The molecule has 6 atom stereocenters. The first-order chi connectivity index (χ1) is 29.0. The van der Waals surface area contributed by atoms with Gasteiger partial charge in [-0.05, 0) is 57.8 Å². The highest BCUT2D eigenvalue weighted by atomic mass is 32.2. The average Bonchev–Trinajstić information content (AvgIpc) is 3.21. The van der Waals surface area contributed by atoms with E-state index < -0.39 is 71.2 Å². The Morgan fingerprint density at radius 2 is 1.03 bits per heavy atom. The Hall–Kier alpha value is -2.13. The van der Waals surface area contributed by atoms with Gasteiger partial charge in [-0.2, -0.15) is 8.42 Å². The fourth-order valence-corrected chi connectivity index (χ4v) is 7.71.